The fourth-order valence-corrected chi connectivity index (χ4v) is 3.35. The summed E-state index contributed by atoms with van der Waals surface area (Å²) in [4.78, 5) is 18.8. The van der Waals surface area contributed by atoms with Crippen LogP contribution >= 0.6 is 23.4 Å². The zero-order valence-electron chi connectivity index (χ0n) is 14.2. The highest BCUT2D eigenvalue weighted by atomic mass is 35.5. The number of amidine groups is 1. The van der Waals surface area contributed by atoms with Crippen molar-refractivity contribution in [2.45, 2.75) is 6.92 Å². The molecule has 7 heteroatoms. The molecular weight excluding hydrogens is 375 g/mol. The number of hydrogen-bond donors (Lipinski definition) is 0. The Bertz CT molecular complexity index is 897. The largest absolute Gasteiger partial charge is 0.497 e. The van der Waals surface area contributed by atoms with E-state index in [1.807, 2.05) is 31.2 Å². The molecule has 0 unspecified atom stereocenters. The minimum Gasteiger partial charge on any atom is -0.497 e. The number of ether oxygens (including phenoxy) is 1. The molecule has 0 aliphatic carbocycles. The standard InChI is InChI=1S/C19H16ClFN2O2S/c1-3-26-19-22-17(10-12-4-7-14(25-2)8-5-12)18(24)23(19)13-6-9-16(21)15(20)11-13/h4-11H,3H2,1-2H3/b17-10+. The van der Waals surface area contributed by atoms with Crippen LogP contribution in [0.2, 0.25) is 5.02 Å². The smallest absolute Gasteiger partial charge is 0.283 e. The number of hydrogen-bond acceptors (Lipinski definition) is 4. The van der Waals surface area contributed by atoms with Crippen LogP contribution in [0.3, 0.4) is 0 Å². The van der Waals surface area contributed by atoms with Gasteiger partial charge in [-0.05, 0) is 47.7 Å². The lowest BCUT2D eigenvalue weighted by atomic mass is 10.2. The molecule has 26 heavy (non-hydrogen) atoms. The van der Waals surface area contributed by atoms with Crippen molar-refractivity contribution in [3.8, 4) is 5.75 Å². The summed E-state index contributed by atoms with van der Waals surface area (Å²) in [6, 6.07) is 11.5. The third kappa shape index (κ3) is 3.76. The van der Waals surface area contributed by atoms with E-state index in [-0.39, 0.29) is 10.9 Å². The number of methoxy groups -OCH3 is 1. The van der Waals surface area contributed by atoms with Gasteiger partial charge in [0.1, 0.15) is 17.3 Å². The third-order valence-electron chi connectivity index (χ3n) is 3.68. The summed E-state index contributed by atoms with van der Waals surface area (Å²) in [5.41, 5.74) is 1.63. The zero-order valence-corrected chi connectivity index (χ0v) is 15.8. The molecule has 4 nitrogen and oxygen atoms in total. The van der Waals surface area contributed by atoms with Gasteiger partial charge in [0.25, 0.3) is 5.91 Å². The van der Waals surface area contributed by atoms with Crippen LogP contribution in [0, 0.1) is 5.82 Å². The molecule has 0 saturated heterocycles. The summed E-state index contributed by atoms with van der Waals surface area (Å²) in [7, 11) is 1.60. The van der Waals surface area contributed by atoms with Gasteiger partial charge in [-0.2, -0.15) is 0 Å². The fraction of sp³-hybridized carbons (Fsp3) is 0.158. The first-order valence-electron chi connectivity index (χ1n) is 7.90. The van der Waals surface area contributed by atoms with Gasteiger partial charge in [-0.15, -0.1) is 0 Å². The van der Waals surface area contributed by atoms with Gasteiger partial charge in [0, 0.05) is 0 Å². The minimum atomic E-state index is -0.530. The lowest BCUT2D eigenvalue weighted by Crippen LogP contribution is -2.30. The molecule has 2 aromatic rings. The van der Waals surface area contributed by atoms with Crippen LogP contribution in [-0.4, -0.2) is 23.9 Å². The van der Waals surface area contributed by atoms with E-state index in [0.29, 0.717) is 16.6 Å². The molecule has 0 N–H and O–H groups in total. The molecule has 0 spiro atoms. The maximum Gasteiger partial charge on any atom is 0.283 e. The molecule has 3 rings (SSSR count). The molecule has 0 bridgehead atoms. The maximum absolute atomic E-state index is 13.5. The number of anilines is 1. The summed E-state index contributed by atoms with van der Waals surface area (Å²) < 4.78 is 18.6. The fourth-order valence-electron chi connectivity index (χ4n) is 2.43. The lowest BCUT2D eigenvalue weighted by molar-refractivity contribution is -0.113. The summed E-state index contributed by atoms with van der Waals surface area (Å²) in [6.07, 6.45) is 1.71. The molecule has 0 saturated carbocycles. The van der Waals surface area contributed by atoms with Crippen molar-refractivity contribution in [2.24, 2.45) is 4.99 Å². The predicted molar refractivity (Wildman–Crippen MR) is 105 cm³/mol. The summed E-state index contributed by atoms with van der Waals surface area (Å²) in [5, 5.41) is 0.503. The Morgan fingerprint density at radius 3 is 2.62 bits per heavy atom. The Balaban J connectivity index is 1.96. The molecule has 1 aliphatic heterocycles. The quantitative estimate of drug-likeness (QED) is 0.691. The van der Waals surface area contributed by atoms with Crippen LogP contribution < -0.4 is 9.64 Å². The van der Waals surface area contributed by atoms with E-state index in [4.69, 9.17) is 16.3 Å². The number of halogens is 2. The number of nitrogens with zero attached hydrogens (tertiary/aromatic N) is 2. The Hall–Kier alpha value is -2.31. The first-order chi connectivity index (χ1) is 12.5. The van der Waals surface area contributed by atoms with Crippen molar-refractivity contribution < 1.29 is 13.9 Å². The average molecular weight is 391 g/mol. The molecule has 0 radical (unpaired) electrons. The van der Waals surface area contributed by atoms with E-state index in [9.17, 15) is 9.18 Å². The molecule has 134 valence electrons. The first kappa shape index (κ1) is 18.5. The van der Waals surface area contributed by atoms with E-state index in [2.05, 4.69) is 4.99 Å². The lowest BCUT2D eigenvalue weighted by Gasteiger charge is -2.17. The van der Waals surface area contributed by atoms with Gasteiger partial charge in [0.2, 0.25) is 0 Å². The van der Waals surface area contributed by atoms with E-state index >= 15 is 0 Å². The highest BCUT2D eigenvalue weighted by Crippen LogP contribution is 2.31. The first-order valence-corrected chi connectivity index (χ1v) is 9.26. The second kappa shape index (κ2) is 7.93. The van der Waals surface area contributed by atoms with Crippen molar-refractivity contribution >= 4 is 46.2 Å². The van der Waals surface area contributed by atoms with E-state index in [0.717, 1.165) is 17.1 Å². The average Bonchev–Trinajstić information content (AvgIpc) is 2.94. The van der Waals surface area contributed by atoms with Gasteiger partial charge in [-0.1, -0.05) is 42.4 Å². The number of carbonyl (C=O) groups excluding carboxylic acids is 1. The Kier molecular flexibility index (Phi) is 5.64. The Morgan fingerprint density at radius 1 is 1.27 bits per heavy atom. The minimum absolute atomic E-state index is 0.0382. The number of carbonyl (C=O) groups is 1. The van der Waals surface area contributed by atoms with Gasteiger partial charge >= 0.3 is 0 Å². The summed E-state index contributed by atoms with van der Waals surface area (Å²) >= 11 is 7.31. The van der Waals surface area contributed by atoms with Crippen molar-refractivity contribution in [3.05, 3.63) is 64.6 Å². The van der Waals surface area contributed by atoms with Crippen LogP contribution in [-0.2, 0) is 4.79 Å². The van der Waals surface area contributed by atoms with Gasteiger partial charge < -0.3 is 4.74 Å². The predicted octanol–water partition coefficient (Wildman–Crippen LogP) is 4.98. The highest BCUT2D eigenvalue weighted by molar-refractivity contribution is 8.14. The van der Waals surface area contributed by atoms with Crippen molar-refractivity contribution in [1.29, 1.82) is 0 Å². The molecule has 0 fully saturated rings. The molecule has 2 aromatic carbocycles. The third-order valence-corrected chi connectivity index (χ3v) is 4.79. The number of thioether (sulfide) groups is 1. The monoisotopic (exact) mass is 390 g/mol. The SMILES string of the molecule is CCSC1=N/C(=C/c2ccc(OC)cc2)C(=O)N1c1ccc(F)c(Cl)c1. The normalized spacial score (nSPS) is 15.5. The summed E-state index contributed by atoms with van der Waals surface area (Å²) in [5.74, 6) is 0.670. The zero-order chi connectivity index (χ0) is 18.7. The van der Waals surface area contributed by atoms with Gasteiger partial charge in [0.05, 0.1) is 17.8 Å². The maximum atomic E-state index is 13.5. The van der Waals surface area contributed by atoms with Crippen LogP contribution in [0.1, 0.15) is 12.5 Å². The van der Waals surface area contributed by atoms with Crippen molar-refractivity contribution in [3.63, 3.8) is 0 Å². The molecule has 1 aliphatic rings. The van der Waals surface area contributed by atoms with E-state index in [1.165, 1.54) is 34.9 Å². The van der Waals surface area contributed by atoms with Gasteiger partial charge in [-0.25, -0.2) is 9.38 Å². The summed E-state index contributed by atoms with van der Waals surface area (Å²) in [6.45, 7) is 1.97. The number of benzene rings is 2. The second-order valence-electron chi connectivity index (χ2n) is 5.37. The van der Waals surface area contributed by atoms with Crippen LogP contribution in [0.4, 0.5) is 10.1 Å². The molecule has 0 atom stereocenters. The van der Waals surface area contributed by atoms with Crippen molar-refractivity contribution in [2.75, 3.05) is 17.8 Å². The Morgan fingerprint density at radius 2 is 2.00 bits per heavy atom. The highest BCUT2D eigenvalue weighted by Gasteiger charge is 2.32. The number of rotatable bonds is 4. The number of aliphatic imine (C=N–C) groups is 1. The molecule has 1 heterocycles. The van der Waals surface area contributed by atoms with Gasteiger partial charge in [0.15, 0.2) is 5.17 Å². The number of amides is 1. The van der Waals surface area contributed by atoms with E-state index in [1.54, 1.807) is 13.2 Å². The van der Waals surface area contributed by atoms with Crippen LogP contribution in [0.5, 0.6) is 5.75 Å². The molecule has 0 aromatic heterocycles. The van der Waals surface area contributed by atoms with Crippen LogP contribution in [0.25, 0.3) is 6.08 Å². The van der Waals surface area contributed by atoms with Crippen molar-refractivity contribution in [1.82, 2.24) is 0 Å². The Labute approximate surface area is 160 Å². The second-order valence-corrected chi connectivity index (χ2v) is 7.01. The van der Waals surface area contributed by atoms with Crippen LogP contribution in [0.15, 0.2) is 53.2 Å². The molecular formula is C19H16ClFN2O2S. The topological polar surface area (TPSA) is 41.9 Å². The van der Waals surface area contributed by atoms with E-state index < -0.39 is 5.82 Å². The van der Waals surface area contributed by atoms with Gasteiger partial charge in [-0.3, -0.25) is 9.69 Å². The molecule has 1 amide bonds.